The van der Waals surface area contributed by atoms with Crippen LogP contribution in [0.2, 0.25) is 0 Å². The molecule has 2 rings (SSSR count). The van der Waals surface area contributed by atoms with E-state index in [1.807, 2.05) is 0 Å². The van der Waals surface area contributed by atoms with E-state index in [0.29, 0.717) is 0 Å². The lowest BCUT2D eigenvalue weighted by Crippen LogP contribution is -2.49. The number of nitrogens with two attached hydrogens (primary N) is 1. The van der Waals surface area contributed by atoms with Gasteiger partial charge in [0.15, 0.2) is 0 Å². The zero-order chi connectivity index (χ0) is 15.6. The second kappa shape index (κ2) is 10.5. The van der Waals surface area contributed by atoms with Gasteiger partial charge < -0.3 is 25.5 Å². The van der Waals surface area contributed by atoms with Gasteiger partial charge in [-0.25, -0.2) is 0 Å². The molecule has 2 fully saturated rings. The van der Waals surface area contributed by atoms with Crippen molar-refractivity contribution in [1.82, 2.24) is 19.6 Å². The number of rotatable bonds is 9. The molecule has 2 aliphatic rings. The Hall–Kier alpha value is -0.240. The van der Waals surface area contributed by atoms with Gasteiger partial charge in [-0.2, -0.15) is 0 Å². The van der Waals surface area contributed by atoms with Crippen molar-refractivity contribution in [3.63, 3.8) is 0 Å². The zero-order valence-corrected chi connectivity index (χ0v) is 14.1. The smallest absolute Gasteiger partial charge is 0.0558 e. The molecule has 2 aliphatic heterocycles. The molecule has 0 aromatic carbocycles. The lowest BCUT2D eigenvalue weighted by Gasteiger charge is -2.36. The van der Waals surface area contributed by atoms with Crippen molar-refractivity contribution in [2.75, 3.05) is 91.7 Å². The Labute approximate surface area is 135 Å². The molecule has 0 radical (unpaired) electrons. The molecule has 0 atom stereocenters. The van der Waals surface area contributed by atoms with Gasteiger partial charge in [0.25, 0.3) is 0 Å². The van der Waals surface area contributed by atoms with Gasteiger partial charge in [-0.15, -0.1) is 0 Å². The van der Waals surface area contributed by atoms with Crippen LogP contribution in [0.25, 0.3) is 0 Å². The molecule has 22 heavy (non-hydrogen) atoms. The first-order valence-corrected chi connectivity index (χ1v) is 9.02. The highest BCUT2D eigenvalue weighted by molar-refractivity contribution is 4.74. The third-order valence-corrected chi connectivity index (χ3v) is 4.97. The van der Waals surface area contributed by atoms with Crippen LogP contribution in [0.5, 0.6) is 0 Å². The number of aliphatic hydroxyl groups excluding tert-OH is 1. The predicted octanol–water partition coefficient (Wildman–Crippen LogP) is -1.05. The number of aliphatic hydroxyl groups is 1. The van der Waals surface area contributed by atoms with E-state index >= 15 is 0 Å². The molecule has 0 aromatic heterocycles. The summed E-state index contributed by atoms with van der Waals surface area (Å²) in [5, 5.41) is 8.97. The SMILES string of the molecule is NCCCN1CCN(CCCN2CCN(CCO)CC2)CC1. The molecular weight excluding hydrogens is 278 g/mol. The highest BCUT2D eigenvalue weighted by Crippen LogP contribution is 2.05. The largest absolute Gasteiger partial charge is 0.395 e. The monoisotopic (exact) mass is 313 g/mol. The molecule has 0 saturated carbocycles. The summed E-state index contributed by atoms with van der Waals surface area (Å²) in [6, 6.07) is 0. The number of hydrogen-bond donors (Lipinski definition) is 2. The molecule has 0 amide bonds. The van der Waals surface area contributed by atoms with Crippen LogP contribution in [0.3, 0.4) is 0 Å². The fourth-order valence-electron chi connectivity index (χ4n) is 3.45. The molecule has 0 spiro atoms. The topological polar surface area (TPSA) is 59.2 Å². The maximum atomic E-state index is 8.97. The van der Waals surface area contributed by atoms with E-state index in [9.17, 15) is 0 Å². The average Bonchev–Trinajstić information content (AvgIpc) is 2.56. The van der Waals surface area contributed by atoms with Gasteiger partial charge in [-0.05, 0) is 39.0 Å². The van der Waals surface area contributed by atoms with Gasteiger partial charge in [-0.3, -0.25) is 4.90 Å². The van der Waals surface area contributed by atoms with Crippen LogP contribution in [0.4, 0.5) is 0 Å². The molecule has 0 aliphatic carbocycles. The molecule has 2 saturated heterocycles. The van der Waals surface area contributed by atoms with Crippen molar-refractivity contribution >= 4 is 0 Å². The van der Waals surface area contributed by atoms with Crippen LogP contribution in [0.15, 0.2) is 0 Å². The summed E-state index contributed by atoms with van der Waals surface area (Å²) in [6.07, 6.45) is 2.41. The fourth-order valence-corrected chi connectivity index (χ4v) is 3.45. The lowest BCUT2D eigenvalue weighted by atomic mass is 10.2. The van der Waals surface area contributed by atoms with Crippen molar-refractivity contribution in [1.29, 1.82) is 0 Å². The number of β-amino-alcohol motifs (C(OH)–C–C–N with tert-alkyl or cyclic N) is 1. The molecule has 130 valence electrons. The second-order valence-corrected chi connectivity index (χ2v) is 6.59. The van der Waals surface area contributed by atoms with Gasteiger partial charge in [0, 0.05) is 58.9 Å². The highest BCUT2D eigenvalue weighted by Gasteiger charge is 2.18. The van der Waals surface area contributed by atoms with Crippen molar-refractivity contribution in [3.05, 3.63) is 0 Å². The first-order chi connectivity index (χ1) is 10.8. The first kappa shape index (κ1) is 18.1. The zero-order valence-electron chi connectivity index (χ0n) is 14.1. The number of piperazine rings is 2. The van der Waals surface area contributed by atoms with Gasteiger partial charge in [-0.1, -0.05) is 0 Å². The highest BCUT2D eigenvalue weighted by atomic mass is 16.3. The maximum absolute atomic E-state index is 8.97. The molecule has 6 nitrogen and oxygen atoms in total. The predicted molar refractivity (Wildman–Crippen MR) is 91.1 cm³/mol. The summed E-state index contributed by atoms with van der Waals surface area (Å²) >= 11 is 0. The summed E-state index contributed by atoms with van der Waals surface area (Å²) in [4.78, 5) is 10.1. The van der Waals surface area contributed by atoms with Gasteiger partial charge in [0.2, 0.25) is 0 Å². The van der Waals surface area contributed by atoms with Crippen molar-refractivity contribution in [3.8, 4) is 0 Å². The Bertz CT molecular complexity index is 276. The molecule has 0 bridgehead atoms. The molecule has 0 unspecified atom stereocenters. The van der Waals surface area contributed by atoms with Crippen LogP contribution in [0, 0.1) is 0 Å². The third-order valence-electron chi connectivity index (χ3n) is 4.97. The second-order valence-electron chi connectivity index (χ2n) is 6.59. The van der Waals surface area contributed by atoms with E-state index in [-0.39, 0.29) is 6.61 Å². The standard InChI is InChI=1S/C16H35N5O/c17-3-1-4-18-7-9-19(10-8-18)5-2-6-20-11-13-21(14-12-20)15-16-22/h22H,1-17H2. The maximum Gasteiger partial charge on any atom is 0.0558 e. The van der Waals surface area contributed by atoms with Gasteiger partial charge in [0.05, 0.1) is 6.61 Å². The normalized spacial score (nSPS) is 23.2. The van der Waals surface area contributed by atoms with Crippen LogP contribution in [-0.2, 0) is 0 Å². The minimum atomic E-state index is 0.289. The summed E-state index contributed by atoms with van der Waals surface area (Å²) in [5.41, 5.74) is 5.58. The Balaban J connectivity index is 1.49. The Kier molecular flexibility index (Phi) is 8.66. The van der Waals surface area contributed by atoms with E-state index in [1.165, 1.54) is 52.2 Å². The number of hydrogen-bond acceptors (Lipinski definition) is 6. The molecule has 0 aromatic rings. The fraction of sp³-hybridized carbons (Fsp3) is 1.00. The van der Waals surface area contributed by atoms with Crippen LogP contribution in [-0.4, -0.2) is 116 Å². The molecule has 2 heterocycles. The third kappa shape index (κ3) is 6.48. The van der Waals surface area contributed by atoms with Gasteiger partial charge in [0.1, 0.15) is 0 Å². The Morgan fingerprint density at radius 3 is 1.32 bits per heavy atom. The minimum Gasteiger partial charge on any atom is -0.395 e. The summed E-state index contributed by atoms with van der Waals surface area (Å²) in [6.45, 7) is 15.0. The first-order valence-electron chi connectivity index (χ1n) is 9.02. The van der Waals surface area contributed by atoms with Gasteiger partial charge >= 0.3 is 0 Å². The van der Waals surface area contributed by atoms with E-state index in [4.69, 9.17) is 10.8 Å². The molecule has 6 heteroatoms. The van der Waals surface area contributed by atoms with Crippen molar-refractivity contribution in [2.45, 2.75) is 12.8 Å². The quantitative estimate of drug-likeness (QED) is 0.567. The molecular formula is C16H35N5O. The van der Waals surface area contributed by atoms with Crippen molar-refractivity contribution < 1.29 is 5.11 Å². The lowest BCUT2D eigenvalue weighted by molar-refractivity contribution is 0.101. The van der Waals surface area contributed by atoms with E-state index < -0.39 is 0 Å². The van der Waals surface area contributed by atoms with Crippen LogP contribution in [0.1, 0.15) is 12.8 Å². The summed E-state index contributed by atoms with van der Waals surface area (Å²) < 4.78 is 0. The van der Waals surface area contributed by atoms with Crippen LogP contribution < -0.4 is 5.73 Å². The Morgan fingerprint density at radius 2 is 0.955 bits per heavy atom. The van der Waals surface area contributed by atoms with E-state index in [2.05, 4.69) is 19.6 Å². The molecule has 3 N–H and O–H groups in total. The van der Waals surface area contributed by atoms with E-state index in [1.54, 1.807) is 0 Å². The summed E-state index contributed by atoms with van der Waals surface area (Å²) in [5.74, 6) is 0. The van der Waals surface area contributed by atoms with Crippen molar-refractivity contribution in [2.24, 2.45) is 5.73 Å². The average molecular weight is 313 g/mol. The van der Waals surface area contributed by atoms with Crippen LogP contribution >= 0.6 is 0 Å². The number of nitrogens with zero attached hydrogens (tertiary/aromatic N) is 4. The van der Waals surface area contributed by atoms with E-state index in [0.717, 1.165) is 45.7 Å². The minimum absolute atomic E-state index is 0.289. The summed E-state index contributed by atoms with van der Waals surface area (Å²) in [7, 11) is 0. The Morgan fingerprint density at radius 1 is 0.591 bits per heavy atom.